The van der Waals surface area contributed by atoms with Crippen molar-refractivity contribution in [1.82, 2.24) is 0 Å². The van der Waals surface area contributed by atoms with Crippen LogP contribution in [0.15, 0.2) is 11.6 Å². The standard InChI is InChI=1S/C21H31NO3S/c1-7-21(5,6)14-9-10-15-16(12-14)26-19(18(15)20(24)25-8-2)22-17(23)11-13(3)4/h11,14H,7-10,12H2,1-6H3,(H,22,23)/t14-/m1/s1. The Kier molecular flexibility index (Phi) is 6.67. The number of thiophene rings is 1. The van der Waals surface area contributed by atoms with Gasteiger partial charge in [0.2, 0.25) is 5.91 Å². The molecule has 0 spiro atoms. The molecule has 0 bridgehead atoms. The van der Waals surface area contributed by atoms with Crippen molar-refractivity contribution in [2.75, 3.05) is 11.9 Å². The van der Waals surface area contributed by atoms with Crippen LogP contribution in [0.2, 0.25) is 0 Å². The van der Waals surface area contributed by atoms with Gasteiger partial charge in [-0.05, 0) is 56.9 Å². The maximum absolute atomic E-state index is 12.6. The van der Waals surface area contributed by atoms with E-state index in [9.17, 15) is 9.59 Å². The summed E-state index contributed by atoms with van der Waals surface area (Å²) in [6, 6.07) is 0. The molecule has 2 rings (SSSR count). The summed E-state index contributed by atoms with van der Waals surface area (Å²) in [6.07, 6.45) is 5.58. The quantitative estimate of drug-likeness (QED) is 0.535. The Morgan fingerprint density at radius 1 is 1.31 bits per heavy atom. The third kappa shape index (κ3) is 4.56. The van der Waals surface area contributed by atoms with Crippen LogP contribution in [-0.2, 0) is 22.4 Å². The average molecular weight is 378 g/mol. The van der Waals surface area contributed by atoms with Gasteiger partial charge in [-0.2, -0.15) is 0 Å². The highest BCUT2D eigenvalue weighted by molar-refractivity contribution is 7.17. The number of carbonyl (C=O) groups excluding carboxylic acids is 2. The largest absolute Gasteiger partial charge is 0.462 e. The third-order valence-corrected chi connectivity index (χ3v) is 6.59. The van der Waals surface area contributed by atoms with E-state index in [4.69, 9.17) is 4.74 Å². The van der Waals surface area contributed by atoms with E-state index in [1.165, 1.54) is 16.2 Å². The minimum absolute atomic E-state index is 0.195. The van der Waals surface area contributed by atoms with Crippen molar-refractivity contribution in [1.29, 1.82) is 0 Å². The van der Waals surface area contributed by atoms with Crippen molar-refractivity contribution in [3.8, 4) is 0 Å². The highest BCUT2D eigenvalue weighted by Gasteiger charge is 2.35. The number of rotatable bonds is 6. The lowest BCUT2D eigenvalue weighted by Gasteiger charge is -2.36. The molecule has 26 heavy (non-hydrogen) atoms. The van der Waals surface area contributed by atoms with E-state index in [2.05, 4.69) is 26.1 Å². The highest BCUT2D eigenvalue weighted by atomic mass is 32.1. The van der Waals surface area contributed by atoms with Gasteiger partial charge in [0.25, 0.3) is 0 Å². The fourth-order valence-corrected chi connectivity index (χ4v) is 4.78. The molecular weight excluding hydrogens is 346 g/mol. The fraction of sp³-hybridized carbons (Fsp3) is 0.619. The van der Waals surface area contributed by atoms with E-state index < -0.39 is 0 Å². The SMILES string of the molecule is CCOC(=O)c1c(NC(=O)C=C(C)C)sc2c1CC[C@@H](C(C)(C)CC)C2. The summed E-state index contributed by atoms with van der Waals surface area (Å²) in [5.74, 6) is 0.0697. The van der Waals surface area contributed by atoms with Crippen molar-refractivity contribution in [3.05, 3.63) is 27.7 Å². The van der Waals surface area contributed by atoms with Gasteiger partial charge < -0.3 is 10.1 Å². The number of fused-ring (bicyclic) bond motifs is 1. The number of anilines is 1. The summed E-state index contributed by atoms with van der Waals surface area (Å²) < 4.78 is 5.27. The molecule has 0 unspecified atom stereocenters. The summed E-state index contributed by atoms with van der Waals surface area (Å²) in [6.45, 7) is 12.8. The zero-order chi connectivity index (χ0) is 19.5. The molecule has 1 atom stereocenters. The van der Waals surface area contributed by atoms with Crippen molar-refractivity contribution in [2.24, 2.45) is 11.3 Å². The molecule has 0 saturated carbocycles. The van der Waals surface area contributed by atoms with E-state index in [0.29, 0.717) is 23.1 Å². The number of hydrogen-bond donors (Lipinski definition) is 1. The molecule has 144 valence electrons. The van der Waals surface area contributed by atoms with Crippen LogP contribution in [0.5, 0.6) is 0 Å². The number of esters is 1. The first kappa shape index (κ1) is 20.7. The molecule has 0 aliphatic heterocycles. The van der Waals surface area contributed by atoms with Crippen LogP contribution in [0.25, 0.3) is 0 Å². The first-order valence-corrected chi connectivity index (χ1v) is 10.3. The molecule has 1 aromatic rings. The molecule has 1 aromatic heterocycles. The van der Waals surface area contributed by atoms with Crippen molar-refractivity contribution in [3.63, 3.8) is 0 Å². The first-order valence-electron chi connectivity index (χ1n) is 9.47. The van der Waals surface area contributed by atoms with E-state index in [1.54, 1.807) is 13.0 Å². The van der Waals surface area contributed by atoms with Crippen LogP contribution in [0.3, 0.4) is 0 Å². The lowest BCUT2D eigenvalue weighted by Crippen LogP contribution is -2.28. The van der Waals surface area contributed by atoms with Gasteiger partial charge in [-0.1, -0.05) is 32.8 Å². The molecule has 1 aliphatic carbocycles. The van der Waals surface area contributed by atoms with Gasteiger partial charge in [0.1, 0.15) is 5.00 Å². The Hall–Kier alpha value is -1.62. The summed E-state index contributed by atoms with van der Waals surface area (Å²) in [7, 11) is 0. The van der Waals surface area contributed by atoms with Gasteiger partial charge in [-0.3, -0.25) is 4.79 Å². The van der Waals surface area contributed by atoms with E-state index >= 15 is 0 Å². The van der Waals surface area contributed by atoms with Crippen LogP contribution in [0, 0.1) is 11.3 Å². The predicted molar refractivity (Wildman–Crippen MR) is 108 cm³/mol. The second kappa shape index (κ2) is 8.38. The molecule has 0 saturated heterocycles. The summed E-state index contributed by atoms with van der Waals surface area (Å²) in [5, 5.41) is 3.54. The van der Waals surface area contributed by atoms with Crippen LogP contribution in [0.1, 0.15) is 75.2 Å². The number of ether oxygens (including phenoxy) is 1. The second-order valence-corrected chi connectivity index (χ2v) is 9.03. The Morgan fingerprint density at radius 2 is 2.00 bits per heavy atom. The van der Waals surface area contributed by atoms with Gasteiger partial charge in [0.15, 0.2) is 0 Å². The van der Waals surface area contributed by atoms with Crippen molar-refractivity contribution in [2.45, 2.75) is 67.2 Å². The van der Waals surface area contributed by atoms with Crippen molar-refractivity contribution < 1.29 is 14.3 Å². The van der Waals surface area contributed by atoms with Gasteiger partial charge in [-0.15, -0.1) is 11.3 Å². The summed E-state index contributed by atoms with van der Waals surface area (Å²) >= 11 is 1.54. The predicted octanol–water partition coefficient (Wildman–Crippen LogP) is 5.37. The minimum atomic E-state index is -0.328. The van der Waals surface area contributed by atoms with E-state index in [0.717, 1.165) is 36.8 Å². The molecule has 1 amide bonds. The van der Waals surface area contributed by atoms with Gasteiger partial charge in [-0.25, -0.2) is 4.79 Å². The van der Waals surface area contributed by atoms with E-state index in [-0.39, 0.29) is 17.3 Å². The number of amides is 1. The molecule has 0 aromatic carbocycles. The molecule has 0 fully saturated rings. The summed E-state index contributed by atoms with van der Waals surface area (Å²) in [5.41, 5.74) is 2.84. The Bertz CT molecular complexity index is 711. The average Bonchev–Trinajstić information content (AvgIpc) is 2.90. The van der Waals surface area contributed by atoms with Gasteiger partial charge >= 0.3 is 5.97 Å². The normalized spacial score (nSPS) is 16.6. The monoisotopic (exact) mass is 377 g/mol. The topological polar surface area (TPSA) is 55.4 Å². The maximum Gasteiger partial charge on any atom is 0.341 e. The Labute approximate surface area is 161 Å². The molecule has 1 aliphatic rings. The van der Waals surface area contributed by atoms with Crippen molar-refractivity contribution >= 4 is 28.2 Å². The maximum atomic E-state index is 12.6. The van der Waals surface area contributed by atoms with Crippen LogP contribution < -0.4 is 5.32 Å². The van der Waals surface area contributed by atoms with Crippen LogP contribution in [-0.4, -0.2) is 18.5 Å². The Balaban J connectivity index is 2.39. The molecule has 1 heterocycles. The molecule has 5 heteroatoms. The lowest BCUT2D eigenvalue weighted by molar-refractivity contribution is -0.111. The zero-order valence-electron chi connectivity index (χ0n) is 16.8. The van der Waals surface area contributed by atoms with Gasteiger partial charge in [0, 0.05) is 11.0 Å². The smallest absolute Gasteiger partial charge is 0.341 e. The fourth-order valence-electron chi connectivity index (χ4n) is 3.46. The van der Waals surface area contributed by atoms with Crippen LogP contribution >= 0.6 is 11.3 Å². The third-order valence-electron chi connectivity index (χ3n) is 5.42. The van der Waals surface area contributed by atoms with E-state index in [1.807, 2.05) is 13.8 Å². The summed E-state index contributed by atoms with van der Waals surface area (Å²) in [4.78, 5) is 26.0. The number of nitrogens with one attached hydrogen (secondary N) is 1. The zero-order valence-corrected chi connectivity index (χ0v) is 17.6. The second-order valence-electron chi connectivity index (χ2n) is 7.92. The molecule has 1 N–H and O–H groups in total. The minimum Gasteiger partial charge on any atom is -0.462 e. The number of carbonyl (C=O) groups is 2. The van der Waals surface area contributed by atoms with Crippen LogP contribution in [0.4, 0.5) is 5.00 Å². The number of hydrogen-bond acceptors (Lipinski definition) is 4. The molecular formula is C21H31NO3S. The van der Waals surface area contributed by atoms with Gasteiger partial charge in [0.05, 0.1) is 12.2 Å². The highest BCUT2D eigenvalue weighted by Crippen LogP contribution is 2.45. The Morgan fingerprint density at radius 3 is 2.58 bits per heavy atom. The molecule has 4 nitrogen and oxygen atoms in total. The number of allylic oxidation sites excluding steroid dienone is 1. The molecule has 0 radical (unpaired) electrons. The first-order chi connectivity index (χ1) is 12.2. The lowest BCUT2D eigenvalue weighted by atomic mass is 9.69.